The van der Waals surface area contributed by atoms with Gasteiger partial charge in [-0.15, -0.1) is 6.58 Å². The summed E-state index contributed by atoms with van der Waals surface area (Å²) in [6.45, 7) is 23.3. The zero-order valence-electron chi connectivity index (χ0n) is 29.1. The van der Waals surface area contributed by atoms with Gasteiger partial charge in [-0.2, -0.15) is 0 Å². The van der Waals surface area contributed by atoms with Gasteiger partial charge in [-0.1, -0.05) is 216 Å². The zero-order valence-corrected chi connectivity index (χ0v) is 29.1. The highest BCUT2D eigenvalue weighted by Gasteiger charge is 2.38. The maximum Gasteiger partial charge on any atom is 0.241 e. The third-order valence-electron chi connectivity index (χ3n) is 9.15. The fourth-order valence-electron chi connectivity index (χ4n) is 7.04. The molecule has 0 unspecified atom stereocenters. The molecule has 4 aromatic rings. The first kappa shape index (κ1) is 34.7. The van der Waals surface area contributed by atoms with E-state index in [1.54, 1.807) is 6.08 Å². The smallest absolute Gasteiger partial charge is 0.104 e. The van der Waals surface area contributed by atoms with E-state index in [-0.39, 0.29) is 13.4 Å². The quantitative estimate of drug-likeness (QED) is 0.102. The second-order valence-corrected chi connectivity index (χ2v) is 12.2. The van der Waals surface area contributed by atoms with Crippen molar-refractivity contribution in [2.24, 2.45) is 0 Å². The Morgan fingerprint density at radius 3 is 2.02 bits per heavy atom. The number of fused-ring (bicyclic) bond motifs is 1. The first-order valence-corrected chi connectivity index (χ1v) is 17.0. The lowest BCUT2D eigenvalue weighted by molar-refractivity contribution is 1.43. The van der Waals surface area contributed by atoms with Gasteiger partial charge in [0.05, 0.1) is 0 Å². The molecule has 0 aliphatic carbocycles. The van der Waals surface area contributed by atoms with Crippen molar-refractivity contribution in [3.05, 3.63) is 223 Å². The molecule has 0 fully saturated rings. The van der Waals surface area contributed by atoms with Crippen LogP contribution < -0.4 is 21.9 Å². The van der Waals surface area contributed by atoms with Crippen molar-refractivity contribution in [1.29, 1.82) is 0 Å². The van der Waals surface area contributed by atoms with Crippen LogP contribution >= 0.6 is 0 Å². The van der Waals surface area contributed by atoms with Crippen molar-refractivity contribution >= 4 is 52.5 Å². The van der Waals surface area contributed by atoms with Gasteiger partial charge < -0.3 is 0 Å². The molecule has 0 spiro atoms. The van der Waals surface area contributed by atoms with Gasteiger partial charge in [0.2, 0.25) is 13.4 Å². The SMILES string of the molecule is C=C/C=C(C=C)/C(C)=C/C(=C\C(=C)B1C(/C=C\C)=C(C=C)c2cccc(B(c3ccccc3)c3ccccc3/C=C\C)c21)c1ccccc1. The minimum Gasteiger partial charge on any atom is -0.104 e. The van der Waals surface area contributed by atoms with Crippen LogP contribution in [0.5, 0.6) is 0 Å². The van der Waals surface area contributed by atoms with Crippen LogP contribution in [-0.4, -0.2) is 13.4 Å². The van der Waals surface area contributed by atoms with E-state index in [0.717, 1.165) is 33.3 Å². The molecule has 0 bridgehead atoms. The summed E-state index contributed by atoms with van der Waals surface area (Å²) < 4.78 is 0. The van der Waals surface area contributed by atoms with E-state index < -0.39 is 0 Å². The van der Waals surface area contributed by atoms with Crippen molar-refractivity contribution in [2.75, 3.05) is 0 Å². The summed E-state index contributed by atoms with van der Waals surface area (Å²) in [5, 5.41) is 0. The summed E-state index contributed by atoms with van der Waals surface area (Å²) in [5.74, 6) is 0. The molecular formula is C47H44B2. The van der Waals surface area contributed by atoms with Crippen molar-refractivity contribution in [3.63, 3.8) is 0 Å². The summed E-state index contributed by atoms with van der Waals surface area (Å²) in [5.41, 5.74) is 15.2. The number of hydrogen-bond acceptors (Lipinski definition) is 0. The molecule has 1 aliphatic rings. The van der Waals surface area contributed by atoms with E-state index in [2.05, 4.69) is 180 Å². The Balaban J connectivity index is 1.80. The highest BCUT2D eigenvalue weighted by atomic mass is 14.2. The lowest BCUT2D eigenvalue weighted by Gasteiger charge is -2.24. The van der Waals surface area contributed by atoms with E-state index in [0.29, 0.717) is 0 Å². The van der Waals surface area contributed by atoms with Crippen LogP contribution in [0.25, 0.3) is 17.2 Å². The summed E-state index contributed by atoms with van der Waals surface area (Å²) in [6, 6.07) is 36.9. The largest absolute Gasteiger partial charge is 0.241 e. The summed E-state index contributed by atoms with van der Waals surface area (Å²) in [6.07, 6.45) is 20.9. The van der Waals surface area contributed by atoms with E-state index in [4.69, 9.17) is 6.58 Å². The predicted molar refractivity (Wildman–Crippen MR) is 222 cm³/mol. The van der Waals surface area contributed by atoms with Crippen LogP contribution in [0.1, 0.15) is 37.5 Å². The molecule has 0 nitrogen and oxygen atoms in total. The fourth-order valence-corrected chi connectivity index (χ4v) is 7.04. The topological polar surface area (TPSA) is 0 Å². The lowest BCUT2D eigenvalue weighted by Crippen LogP contribution is -2.60. The molecule has 49 heavy (non-hydrogen) atoms. The number of hydrogen-bond donors (Lipinski definition) is 0. The van der Waals surface area contributed by atoms with Gasteiger partial charge in [-0.25, -0.2) is 0 Å². The average Bonchev–Trinajstić information content (AvgIpc) is 3.45. The Hall–Kier alpha value is -5.59. The molecule has 2 heteroatoms. The molecule has 1 aliphatic heterocycles. The van der Waals surface area contributed by atoms with Crippen molar-refractivity contribution in [1.82, 2.24) is 0 Å². The molecule has 0 atom stereocenters. The third kappa shape index (κ3) is 7.45. The van der Waals surface area contributed by atoms with Gasteiger partial charge in [0.15, 0.2) is 0 Å². The normalized spacial score (nSPS) is 13.6. The van der Waals surface area contributed by atoms with Crippen molar-refractivity contribution in [2.45, 2.75) is 20.8 Å². The van der Waals surface area contributed by atoms with Crippen LogP contribution in [0.15, 0.2) is 206 Å². The summed E-state index contributed by atoms with van der Waals surface area (Å²) in [4.78, 5) is 0. The van der Waals surface area contributed by atoms with E-state index in [1.165, 1.54) is 38.5 Å². The Kier molecular flexibility index (Phi) is 11.7. The predicted octanol–water partition coefficient (Wildman–Crippen LogP) is 9.43. The Morgan fingerprint density at radius 2 is 1.37 bits per heavy atom. The Bertz CT molecular complexity index is 2050. The van der Waals surface area contributed by atoms with Crippen molar-refractivity contribution in [3.8, 4) is 0 Å². The second-order valence-electron chi connectivity index (χ2n) is 12.2. The van der Waals surface area contributed by atoms with Crippen molar-refractivity contribution < 1.29 is 0 Å². The Morgan fingerprint density at radius 1 is 0.714 bits per heavy atom. The number of rotatable bonds is 13. The zero-order chi connectivity index (χ0) is 34.8. The lowest BCUT2D eigenvalue weighted by atomic mass is 9.28. The highest BCUT2D eigenvalue weighted by Crippen LogP contribution is 2.33. The Labute approximate surface area is 295 Å². The molecule has 0 aromatic heterocycles. The van der Waals surface area contributed by atoms with E-state index in [9.17, 15) is 0 Å². The molecule has 0 saturated carbocycles. The van der Waals surface area contributed by atoms with Crippen LogP contribution in [-0.2, 0) is 0 Å². The first-order chi connectivity index (χ1) is 24.0. The molecule has 4 aromatic carbocycles. The van der Waals surface area contributed by atoms with Crippen LogP contribution in [0.4, 0.5) is 0 Å². The van der Waals surface area contributed by atoms with Gasteiger partial charge in [0.1, 0.15) is 0 Å². The highest BCUT2D eigenvalue weighted by molar-refractivity contribution is 7.02. The fraction of sp³-hybridized carbons (Fsp3) is 0.0638. The molecule has 0 N–H and O–H groups in total. The second kappa shape index (κ2) is 16.5. The van der Waals surface area contributed by atoms with E-state index in [1.807, 2.05) is 18.2 Å². The maximum atomic E-state index is 4.83. The summed E-state index contributed by atoms with van der Waals surface area (Å²) >= 11 is 0. The molecule has 1 heterocycles. The maximum absolute atomic E-state index is 4.83. The van der Waals surface area contributed by atoms with Gasteiger partial charge in [0.25, 0.3) is 0 Å². The van der Waals surface area contributed by atoms with Crippen LogP contribution in [0.3, 0.4) is 0 Å². The number of allylic oxidation sites excluding steroid dienone is 15. The van der Waals surface area contributed by atoms with Gasteiger partial charge in [-0.05, 0) is 59.8 Å². The first-order valence-electron chi connectivity index (χ1n) is 17.0. The molecule has 0 radical (unpaired) electrons. The monoisotopic (exact) mass is 630 g/mol. The van der Waals surface area contributed by atoms with Gasteiger partial charge >= 0.3 is 0 Å². The standard InChI is InChI=1S/C47H44B2/c1-8-22-37(11-4)35(6)33-40(38-25-15-13-16-26-38)34-36(7)48-45(24-10-3)42(12-5)43-30-21-32-46(47(43)48)49(41-28-17-14-18-29-41)44-31-20-19-27-39(44)23-9-2/h8-34H,1,4-5,7H2,2-3,6H3/b23-9-,24-10-,35-33+,37-22+,40-34+. The average molecular weight is 630 g/mol. The van der Waals surface area contributed by atoms with Crippen LogP contribution in [0.2, 0.25) is 0 Å². The van der Waals surface area contributed by atoms with Gasteiger partial charge in [-0.3, -0.25) is 0 Å². The minimum atomic E-state index is -0.0782. The molecule has 0 amide bonds. The molecular weight excluding hydrogens is 586 g/mol. The van der Waals surface area contributed by atoms with Gasteiger partial charge in [0, 0.05) is 0 Å². The molecule has 5 rings (SSSR count). The third-order valence-corrected chi connectivity index (χ3v) is 9.15. The van der Waals surface area contributed by atoms with Crippen LogP contribution in [0, 0.1) is 0 Å². The van der Waals surface area contributed by atoms with E-state index >= 15 is 0 Å². The number of benzene rings is 4. The minimum absolute atomic E-state index is 0.00813. The molecule has 0 saturated heterocycles. The molecule has 238 valence electrons. The summed E-state index contributed by atoms with van der Waals surface area (Å²) in [7, 11) is 0.